The summed E-state index contributed by atoms with van der Waals surface area (Å²) < 4.78 is 11.6. The van der Waals surface area contributed by atoms with E-state index in [0.29, 0.717) is 19.1 Å². The third kappa shape index (κ3) is 4.00. The highest BCUT2D eigenvalue weighted by atomic mass is 16.6. The second kappa shape index (κ2) is 6.60. The highest BCUT2D eigenvalue weighted by Gasteiger charge is 2.54. The van der Waals surface area contributed by atoms with Crippen molar-refractivity contribution in [2.75, 3.05) is 26.2 Å². The average Bonchev–Trinajstić information content (AvgIpc) is 2.45. The fraction of sp³-hybridized carbons (Fsp3) is 0.944. The number of carbonyl (C=O) groups is 1. The van der Waals surface area contributed by atoms with E-state index in [1.165, 1.54) is 38.5 Å². The molecule has 1 spiro atoms. The molecule has 0 radical (unpaired) electrons. The van der Waals surface area contributed by atoms with Crippen molar-refractivity contribution in [1.82, 2.24) is 10.2 Å². The Labute approximate surface area is 140 Å². The van der Waals surface area contributed by atoms with Crippen molar-refractivity contribution in [2.45, 2.75) is 76.5 Å². The minimum Gasteiger partial charge on any atom is -0.444 e. The molecule has 1 aliphatic carbocycles. The minimum atomic E-state index is -0.437. The van der Waals surface area contributed by atoms with Crippen LogP contribution in [0.15, 0.2) is 0 Å². The minimum absolute atomic E-state index is 0.188. The molecule has 5 nitrogen and oxygen atoms in total. The van der Waals surface area contributed by atoms with Crippen LogP contribution in [0.4, 0.5) is 4.79 Å². The van der Waals surface area contributed by atoms with Crippen LogP contribution in [0.5, 0.6) is 0 Å². The number of hydrogen-bond donors (Lipinski definition) is 1. The topological polar surface area (TPSA) is 50.8 Å². The summed E-state index contributed by atoms with van der Waals surface area (Å²) in [6.07, 6.45) is 7.80. The van der Waals surface area contributed by atoms with E-state index in [1.807, 2.05) is 20.8 Å². The normalized spacial score (nSPS) is 28.5. The zero-order chi connectivity index (χ0) is 16.5. The zero-order valence-corrected chi connectivity index (χ0v) is 14.9. The number of rotatable bonds is 2. The van der Waals surface area contributed by atoms with E-state index >= 15 is 0 Å². The van der Waals surface area contributed by atoms with E-state index in [4.69, 9.17) is 9.47 Å². The lowest BCUT2D eigenvalue weighted by atomic mass is 9.76. The summed E-state index contributed by atoms with van der Waals surface area (Å²) in [7, 11) is 0. The molecular weight excluding hydrogens is 292 g/mol. The quantitative estimate of drug-likeness (QED) is 0.848. The zero-order valence-electron chi connectivity index (χ0n) is 14.9. The van der Waals surface area contributed by atoms with Crippen LogP contribution >= 0.6 is 0 Å². The summed E-state index contributed by atoms with van der Waals surface area (Å²) in [6.45, 7) is 8.70. The molecular formula is C18H32N2O3. The van der Waals surface area contributed by atoms with E-state index in [0.717, 1.165) is 19.1 Å². The van der Waals surface area contributed by atoms with E-state index in [2.05, 4.69) is 5.32 Å². The summed E-state index contributed by atoms with van der Waals surface area (Å²) in [5.41, 5.74) is -0.625. The lowest BCUT2D eigenvalue weighted by Crippen LogP contribution is -2.75. The largest absolute Gasteiger partial charge is 0.444 e. The number of ether oxygens (including phenoxy) is 2. The molecule has 3 fully saturated rings. The molecule has 1 unspecified atom stereocenters. The number of carbonyl (C=O) groups excluding carboxylic acids is 1. The van der Waals surface area contributed by atoms with Crippen molar-refractivity contribution >= 4 is 6.09 Å². The van der Waals surface area contributed by atoms with Crippen LogP contribution in [0.25, 0.3) is 0 Å². The summed E-state index contributed by atoms with van der Waals surface area (Å²) in [6, 6.07) is 0.373. The van der Waals surface area contributed by atoms with Gasteiger partial charge in [0.1, 0.15) is 11.2 Å². The highest BCUT2D eigenvalue weighted by molar-refractivity contribution is 5.69. The number of nitrogens with one attached hydrogen (secondary N) is 1. The Hall–Kier alpha value is -0.810. The van der Waals surface area contributed by atoms with Gasteiger partial charge >= 0.3 is 6.09 Å². The summed E-state index contributed by atoms with van der Waals surface area (Å²) in [5, 5.41) is 3.66. The second-order valence-corrected chi connectivity index (χ2v) is 8.50. The fourth-order valence-corrected chi connectivity index (χ4v) is 4.20. The van der Waals surface area contributed by atoms with Crippen LogP contribution in [0.1, 0.15) is 59.3 Å². The Morgan fingerprint density at radius 2 is 1.96 bits per heavy atom. The first-order valence-electron chi connectivity index (χ1n) is 9.23. The van der Waals surface area contributed by atoms with Crippen LogP contribution in [0.3, 0.4) is 0 Å². The Balaban J connectivity index is 1.56. The van der Waals surface area contributed by atoms with Gasteiger partial charge in [0, 0.05) is 12.6 Å². The lowest BCUT2D eigenvalue weighted by molar-refractivity contribution is -0.177. The maximum atomic E-state index is 12.2. The van der Waals surface area contributed by atoms with Gasteiger partial charge < -0.3 is 19.7 Å². The molecule has 1 amide bonds. The number of morpholine rings is 1. The van der Waals surface area contributed by atoms with Crippen LogP contribution in [-0.2, 0) is 9.47 Å². The third-order valence-corrected chi connectivity index (χ3v) is 5.38. The first-order chi connectivity index (χ1) is 10.9. The van der Waals surface area contributed by atoms with Crippen LogP contribution in [0.2, 0.25) is 0 Å². The molecule has 0 bridgehead atoms. The number of amides is 1. The van der Waals surface area contributed by atoms with Crippen molar-refractivity contribution in [3.63, 3.8) is 0 Å². The van der Waals surface area contributed by atoms with Gasteiger partial charge in [-0.1, -0.05) is 32.1 Å². The first-order valence-corrected chi connectivity index (χ1v) is 9.23. The molecule has 1 atom stereocenters. The van der Waals surface area contributed by atoms with Crippen molar-refractivity contribution < 1.29 is 14.3 Å². The van der Waals surface area contributed by atoms with Crippen LogP contribution < -0.4 is 5.32 Å². The third-order valence-electron chi connectivity index (χ3n) is 5.38. The monoisotopic (exact) mass is 324 g/mol. The van der Waals surface area contributed by atoms with Crippen molar-refractivity contribution in [1.29, 1.82) is 0 Å². The molecule has 3 rings (SSSR count). The van der Waals surface area contributed by atoms with Gasteiger partial charge in [0.05, 0.1) is 19.7 Å². The summed E-state index contributed by atoms with van der Waals surface area (Å²) in [5.74, 6) is 0.815. The molecule has 2 saturated heterocycles. The van der Waals surface area contributed by atoms with Gasteiger partial charge in [-0.2, -0.15) is 0 Å². The van der Waals surface area contributed by atoms with Gasteiger partial charge in [-0.15, -0.1) is 0 Å². The Bertz CT molecular complexity index is 420. The van der Waals surface area contributed by atoms with E-state index < -0.39 is 5.60 Å². The Morgan fingerprint density at radius 3 is 2.61 bits per heavy atom. The molecule has 0 aromatic carbocycles. The number of nitrogens with zero attached hydrogens (tertiary/aromatic N) is 1. The summed E-state index contributed by atoms with van der Waals surface area (Å²) in [4.78, 5) is 14.0. The summed E-state index contributed by atoms with van der Waals surface area (Å²) >= 11 is 0. The smallest absolute Gasteiger partial charge is 0.410 e. The van der Waals surface area contributed by atoms with Gasteiger partial charge in [0.2, 0.25) is 0 Å². The van der Waals surface area contributed by atoms with Crippen molar-refractivity contribution in [2.24, 2.45) is 5.92 Å². The SMILES string of the molecule is CC(C)(C)OC(=O)N1CC2(C1)OCCNC2CC1CCCCC1. The van der Waals surface area contributed by atoms with E-state index in [9.17, 15) is 4.79 Å². The highest BCUT2D eigenvalue weighted by Crippen LogP contribution is 2.37. The molecule has 132 valence electrons. The maximum Gasteiger partial charge on any atom is 0.410 e. The molecule has 0 aromatic heterocycles. The van der Waals surface area contributed by atoms with Gasteiger partial charge in [-0.25, -0.2) is 4.79 Å². The van der Waals surface area contributed by atoms with Gasteiger partial charge in [-0.05, 0) is 33.1 Å². The molecule has 23 heavy (non-hydrogen) atoms. The van der Waals surface area contributed by atoms with Crippen LogP contribution in [-0.4, -0.2) is 54.5 Å². The Kier molecular flexibility index (Phi) is 4.88. The predicted octanol–water partition coefficient (Wildman–Crippen LogP) is 2.93. The molecule has 5 heteroatoms. The molecule has 2 heterocycles. The van der Waals surface area contributed by atoms with Crippen molar-refractivity contribution in [3.8, 4) is 0 Å². The number of likely N-dealkylation sites (tertiary alicyclic amines) is 1. The van der Waals surface area contributed by atoms with Crippen molar-refractivity contribution in [3.05, 3.63) is 0 Å². The number of hydrogen-bond acceptors (Lipinski definition) is 4. The second-order valence-electron chi connectivity index (χ2n) is 8.50. The molecule has 1 N–H and O–H groups in total. The maximum absolute atomic E-state index is 12.2. The standard InChI is InChI=1S/C18H32N2O3/c1-17(2,3)23-16(21)20-12-18(13-20)15(19-9-10-22-18)11-14-7-5-4-6-8-14/h14-15,19H,4-13H2,1-3H3. The Morgan fingerprint density at radius 1 is 1.26 bits per heavy atom. The molecule has 2 aliphatic heterocycles. The van der Waals surface area contributed by atoms with E-state index in [-0.39, 0.29) is 11.7 Å². The predicted molar refractivity (Wildman–Crippen MR) is 89.5 cm³/mol. The molecule has 3 aliphatic rings. The molecule has 1 saturated carbocycles. The lowest BCUT2D eigenvalue weighted by Gasteiger charge is -2.56. The van der Waals surface area contributed by atoms with Crippen LogP contribution in [0, 0.1) is 5.92 Å². The van der Waals surface area contributed by atoms with Gasteiger partial charge in [0.25, 0.3) is 0 Å². The average molecular weight is 324 g/mol. The first kappa shape index (κ1) is 17.0. The van der Waals surface area contributed by atoms with Gasteiger partial charge in [0.15, 0.2) is 0 Å². The van der Waals surface area contributed by atoms with Gasteiger partial charge in [-0.3, -0.25) is 0 Å². The fourth-order valence-electron chi connectivity index (χ4n) is 4.20. The molecule has 0 aromatic rings. The van der Waals surface area contributed by atoms with E-state index in [1.54, 1.807) is 4.90 Å².